The summed E-state index contributed by atoms with van der Waals surface area (Å²) in [5.41, 5.74) is 0. The molecule has 0 aromatic heterocycles. The van der Waals surface area contributed by atoms with Gasteiger partial charge in [-0.2, -0.15) is 0 Å². The molecule has 1 fully saturated rings. The minimum absolute atomic E-state index is 0.125. The summed E-state index contributed by atoms with van der Waals surface area (Å²) in [7, 11) is 0. The highest BCUT2D eigenvalue weighted by molar-refractivity contribution is 14.1. The number of halogens is 1. The molecule has 0 unspecified atom stereocenters. The average molecular weight is 338 g/mol. The first-order valence-electron chi connectivity index (χ1n) is 5.05. The lowest BCUT2D eigenvalue weighted by atomic mass is 10.3. The molecule has 16 heavy (non-hydrogen) atoms. The van der Waals surface area contributed by atoms with Crippen LogP contribution in [-0.4, -0.2) is 59.0 Å². The van der Waals surface area contributed by atoms with Crippen LogP contribution in [0.25, 0.3) is 0 Å². The van der Waals surface area contributed by atoms with Crippen LogP contribution < -0.4 is 0 Å². The summed E-state index contributed by atoms with van der Waals surface area (Å²) in [6, 6.07) is 0. The Hall–Kier alpha value is -0.790. The van der Waals surface area contributed by atoms with Crippen LogP contribution in [0, 0.1) is 0 Å². The second-order valence-electron chi connectivity index (χ2n) is 3.37. The molecule has 1 saturated heterocycles. The maximum Gasteiger partial charge on any atom is 0.410 e. The molecule has 1 heterocycles. The van der Waals surface area contributed by atoms with Gasteiger partial charge in [-0.3, -0.25) is 4.79 Å². The van der Waals surface area contributed by atoms with Crippen molar-refractivity contribution >= 4 is 34.6 Å². The van der Waals surface area contributed by atoms with Crippen molar-refractivity contribution in [1.82, 2.24) is 9.80 Å². The second kappa shape index (κ2) is 6.72. The molecule has 0 radical (unpaired) electrons. The summed E-state index contributed by atoms with van der Waals surface area (Å²) >= 11 is 2.05. The molecule has 90 valence electrons. The normalized spacial score (nSPS) is 15.8. The van der Waals surface area contributed by atoms with Crippen LogP contribution in [0.4, 0.5) is 4.79 Å². The first-order chi connectivity index (χ1) is 7.69. The first-order valence-corrected chi connectivity index (χ1v) is 6.58. The van der Waals surface area contributed by atoms with Crippen LogP contribution in [0.15, 0.2) is 12.7 Å². The van der Waals surface area contributed by atoms with Crippen molar-refractivity contribution in [3.05, 3.63) is 12.7 Å². The minimum atomic E-state index is -0.332. The Bertz CT molecular complexity index is 275. The van der Waals surface area contributed by atoms with Gasteiger partial charge >= 0.3 is 6.09 Å². The Labute approximate surface area is 109 Å². The fourth-order valence-corrected chi connectivity index (χ4v) is 1.93. The molecule has 0 aliphatic carbocycles. The highest BCUT2D eigenvalue weighted by Crippen LogP contribution is 2.05. The molecule has 1 aliphatic rings. The number of rotatable bonds is 3. The zero-order valence-electron chi connectivity index (χ0n) is 9.02. The Morgan fingerprint density at radius 1 is 1.25 bits per heavy atom. The molecule has 0 spiro atoms. The van der Waals surface area contributed by atoms with Crippen molar-refractivity contribution in [2.24, 2.45) is 0 Å². The largest absolute Gasteiger partial charge is 0.445 e. The Morgan fingerprint density at radius 3 is 2.31 bits per heavy atom. The van der Waals surface area contributed by atoms with Crippen LogP contribution >= 0.6 is 22.6 Å². The van der Waals surface area contributed by atoms with E-state index in [0.29, 0.717) is 30.6 Å². The summed E-state index contributed by atoms with van der Waals surface area (Å²) in [5, 5.41) is 0. The summed E-state index contributed by atoms with van der Waals surface area (Å²) in [6.07, 6.45) is 1.20. The summed E-state index contributed by atoms with van der Waals surface area (Å²) < 4.78 is 5.40. The van der Waals surface area contributed by atoms with Gasteiger partial charge in [0.25, 0.3) is 0 Å². The Kier molecular flexibility index (Phi) is 5.58. The lowest BCUT2D eigenvalue weighted by molar-refractivity contribution is -0.129. The maximum atomic E-state index is 11.5. The third kappa shape index (κ3) is 3.66. The smallest absolute Gasteiger partial charge is 0.410 e. The number of ether oxygens (including phenoxy) is 1. The monoisotopic (exact) mass is 338 g/mol. The van der Waals surface area contributed by atoms with Crippen LogP contribution in [0.1, 0.15) is 0 Å². The number of alkyl halides is 1. The maximum absolute atomic E-state index is 11.5. The number of hydrogen-bond donors (Lipinski definition) is 0. The van der Waals surface area contributed by atoms with E-state index in [9.17, 15) is 9.59 Å². The molecule has 6 heteroatoms. The fraction of sp³-hybridized carbons (Fsp3) is 0.600. The van der Waals surface area contributed by atoms with Crippen molar-refractivity contribution in [2.75, 3.05) is 37.2 Å². The van der Waals surface area contributed by atoms with Crippen molar-refractivity contribution < 1.29 is 14.3 Å². The van der Waals surface area contributed by atoms with E-state index in [1.165, 1.54) is 6.08 Å². The molecule has 0 saturated carbocycles. The van der Waals surface area contributed by atoms with Crippen molar-refractivity contribution in [3.63, 3.8) is 0 Å². The molecular weight excluding hydrogens is 323 g/mol. The van der Waals surface area contributed by atoms with E-state index in [0.717, 1.165) is 0 Å². The van der Waals surface area contributed by atoms with E-state index < -0.39 is 0 Å². The van der Waals surface area contributed by atoms with E-state index in [4.69, 9.17) is 4.74 Å². The predicted octanol–water partition coefficient (Wildman–Crippen LogP) is 0.888. The molecule has 5 nitrogen and oxygen atoms in total. The quantitative estimate of drug-likeness (QED) is 0.436. The fourth-order valence-electron chi connectivity index (χ4n) is 1.44. The SMILES string of the molecule is C=CCOC(=O)N1CCN(C(=O)CI)CC1. The Morgan fingerprint density at radius 2 is 1.81 bits per heavy atom. The number of carbonyl (C=O) groups excluding carboxylic acids is 2. The van der Waals surface area contributed by atoms with E-state index in [1.54, 1.807) is 9.80 Å². The van der Waals surface area contributed by atoms with E-state index >= 15 is 0 Å². The van der Waals surface area contributed by atoms with Crippen molar-refractivity contribution in [3.8, 4) is 0 Å². The standard InChI is InChI=1S/C10H15IN2O3/c1-2-7-16-10(15)13-5-3-12(4-6-13)9(14)8-11/h2H,1,3-8H2. The average Bonchev–Trinajstić information content (AvgIpc) is 2.35. The molecule has 0 atom stereocenters. The zero-order chi connectivity index (χ0) is 12.0. The molecule has 0 aromatic rings. The van der Waals surface area contributed by atoms with Crippen LogP contribution in [0.2, 0.25) is 0 Å². The van der Waals surface area contributed by atoms with Gasteiger partial charge in [-0.1, -0.05) is 35.2 Å². The van der Waals surface area contributed by atoms with Crippen LogP contribution in [-0.2, 0) is 9.53 Å². The summed E-state index contributed by atoms with van der Waals surface area (Å²) in [4.78, 5) is 26.2. The Balaban J connectivity index is 2.33. The topological polar surface area (TPSA) is 49.9 Å². The minimum Gasteiger partial charge on any atom is -0.445 e. The van der Waals surface area contributed by atoms with Gasteiger partial charge in [0.1, 0.15) is 6.61 Å². The van der Waals surface area contributed by atoms with E-state index in [1.807, 2.05) is 22.6 Å². The van der Waals surface area contributed by atoms with E-state index in [2.05, 4.69) is 6.58 Å². The van der Waals surface area contributed by atoms with Gasteiger partial charge < -0.3 is 14.5 Å². The van der Waals surface area contributed by atoms with Gasteiger partial charge in [-0.25, -0.2) is 4.79 Å². The van der Waals surface area contributed by atoms with Crippen LogP contribution in [0.3, 0.4) is 0 Å². The van der Waals surface area contributed by atoms with Crippen LogP contribution in [0.5, 0.6) is 0 Å². The molecule has 1 rings (SSSR count). The number of hydrogen-bond acceptors (Lipinski definition) is 3. The number of amides is 2. The summed E-state index contributed by atoms with van der Waals surface area (Å²) in [5.74, 6) is 0.125. The third-order valence-corrected chi connectivity index (χ3v) is 2.98. The van der Waals surface area contributed by atoms with Gasteiger partial charge in [0.2, 0.25) is 5.91 Å². The van der Waals surface area contributed by atoms with Gasteiger partial charge in [-0.05, 0) is 0 Å². The molecule has 1 aliphatic heterocycles. The molecule has 2 amide bonds. The molecule has 0 aromatic carbocycles. The van der Waals surface area contributed by atoms with Gasteiger partial charge in [-0.15, -0.1) is 0 Å². The first kappa shape index (κ1) is 13.3. The third-order valence-electron chi connectivity index (χ3n) is 2.33. The lowest BCUT2D eigenvalue weighted by Crippen LogP contribution is -2.51. The van der Waals surface area contributed by atoms with Gasteiger partial charge in [0.05, 0.1) is 4.43 Å². The second-order valence-corrected chi connectivity index (χ2v) is 4.13. The number of carbonyl (C=O) groups is 2. The molecule has 0 N–H and O–H groups in total. The highest BCUT2D eigenvalue weighted by Gasteiger charge is 2.23. The van der Waals surface area contributed by atoms with Crippen molar-refractivity contribution in [1.29, 1.82) is 0 Å². The zero-order valence-corrected chi connectivity index (χ0v) is 11.2. The lowest BCUT2D eigenvalue weighted by Gasteiger charge is -2.33. The van der Waals surface area contributed by atoms with E-state index in [-0.39, 0.29) is 18.6 Å². The molecule has 0 bridgehead atoms. The van der Waals surface area contributed by atoms with Gasteiger partial charge in [0, 0.05) is 26.2 Å². The summed E-state index contributed by atoms with van der Waals surface area (Å²) in [6.45, 7) is 5.96. The van der Waals surface area contributed by atoms with Gasteiger partial charge in [0.15, 0.2) is 0 Å². The highest BCUT2D eigenvalue weighted by atomic mass is 127. The number of nitrogens with zero attached hydrogens (tertiary/aromatic N) is 2. The number of piperazine rings is 1. The van der Waals surface area contributed by atoms with Crippen molar-refractivity contribution in [2.45, 2.75) is 0 Å². The molecular formula is C10H15IN2O3. The predicted molar refractivity (Wildman–Crippen MR) is 68.6 cm³/mol.